The summed E-state index contributed by atoms with van der Waals surface area (Å²) in [6, 6.07) is 3.58. The minimum atomic E-state index is -4.18. The van der Waals surface area contributed by atoms with Crippen LogP contribution in [0.1, 0.15) is 59.3 Å². The number of carbonyl (C=O) groups excluding carboxylic acids is 2. The van der Waals surface area contributed by atoms with Crippen molar-refractivity contribution in [2.24, 2.45) is 5.92 Å². The highest BCUT2D eigenvalue weighted by molar-refractivity contribution is 9.10. The SMILES string of the molecule is CC(C)(C)OC(=O)N[C@H](C(=O)N1C[C@@H](OS(=O)(=O)c2ccc(Br)cc2)C[C@H]1C(=O)O)C1CCCCC1. The van der Waals surface area contributed by atoms with Crippen molar-refractivity contribution in [3.8, 4) is 0 Å². The molecule has 12 heteroatoms. The molecule has 0 spiro atoms. The molecule has 2 fully saturated rings. The first kappa shape index (κ1) is 28.4. The molecule has 1 aliphatic carbocycles. The summed E-state index contributed by atoms with van der Waals surface area (Å²) in [5.74, 6) is -2.03. The molecule has 1 aromatic rings. The highest BCUT2D eigenvalue weighted by atomic mass is 79.9. The molecule has 2 amide bonds. The minimum absolute atomic E-state index is 0.0750. The van der Waals surface area contributed by atoms with Crippen LogP contribution in [0.25, 0.3) is 0 Å². The van der Waals surface area contributed by atoms with Crippen LogP contribution >= 0.6 is 15.9 Å². The number of carboxylic acids is 1. The molecule has 0 bridgehead atoms. The number of nitrogens with zero attached hydrogens (tertiary/aromatic N) is 1. The molecule has 0 radical (unpaired) electrons. The number of carbonyl (C=O) groups is 3. The van der Waals surface area contributed by atoms with E-state index < -0.39 is 51.9 Å². The molecule has 1 saturated carbocycles. The normalized spacial score (nSPS) is 22.2. The van der Waals surface area contributed by atoms with Crippen LogP contribution in [0.5, 0.6) is 0 Å². The standard InChI is InChI=1S/C24H33BrN2O8S/c1-24(2,3)34-23(31)26-20(15-7-5-4-6-8-15)21(28)27-14-17(13-19(27)22(29)30)35-36(32,33)18-11-9-16(25)10-12-18/h9-12,15,17,19-20H,4-8,13-14H2,1-3H3,(H,26,31)(H,29,30)/t17-,19-,20-/m0/s1. The molecule has 0 unspecified atom stereocenters. The molecule has 1 aromatic carbocycles. The lowest BCUT2D eigenvalue weighted by Gasteiger charge is -2.34. The van der Waals surface area contributed by atoms with Crippen LogP contribution in [0, 0.1) is 5.92 Å². The second-order valence-corrected chi connectivity index (χ2v) is 12.7. The van der Waals surface area contributed by atoms with Gasteiger partial charge in [-0.15, -0.1) is 0 Å². The molecule has 36 heavy (non-hydrogen) atoms. The first-order chi connectivity index (χ1) is 16.8. The fraction of sp³-hybridized carbons (Fsp3) is 0.625. The lowest BCUT2D eigenvalue weighted by atomic mass is 9.83. The Labute approximate surface area is 220 Å². The van der Waals surface area contributed by atoms with Gasteiger partial charge >= 0.3 is 12.1 Å². The third-order valence-electron chi connectivity index (χ3n) is 6.26. The Kier molecular flexibility index (Phi) is 9.05. The maximum atomic E-state index is 13.7. The van der Waals surface area contributed by atoms with E-state index in [1.54, 1.807) is 32.9 Å². The Morgan fingerprint density at radius 1 is 1.11 bits per heavy atom. The van der Waals surface area contributed by atoms with Crippen molar-refractivity contribution < 1.29 is 36.8 Å². The Balaban J connectivity index is 1.80. The smallest absolute Gasteiger partial charge is 0.408 e. The largest absolute Gasteiger partial charge is 0.480 e. The van der Waals surface area contributed by atoms with Gasteiger partial charge in [0.05, 0.1) is 11.0 Å². The van der Waals surface area contributed by atoms with Gasteiger partial charge in [-0.3, -0.25) is 8.98 Å². The number of alkyl carbamates (subject to hydrolysis) is 1. The van der Waals surface area contributed by atoms with Crippen molar-refractivity contribution in [3.63, 3.8) is 0 Å². The van der Waals surface area contributed by atoms with Crippen molar-refractivity contribution in [2.75, 3.05) is 6.54 Å². The lowest BCUT2D eigenvalue weighted by Crippen LogP contribution is -2.55. The van der Waals surface area contributed by atoms with Gasteiger partial charge in [0.15, 0.2) is 0 Å². The van der Waals surface area contributed by atoms with Crippen LogP contribution in [0.15, 0.2) is 33.6 Å². The van der Waals surface area contributed by atoms with E-state index in [4.69, 9.17) is 8.92 Å². The average molecular weight is 590 g/mol. The van der Waals surface area contributed by atoms with Gasteiger partial charge in [-0.05, 0) is 63.8 Å². The summed E-state index contributed by atoms with van der Waals surface area (Å²) < 4.78 is 36.9. The predicted octanol–water partition coefficient (Wildman–Crippen LogP) is 3.68. The molecule has 2 N–H and O–H groups in total. The van der Waals surface area contributed by atoms with Gasteiger partial charge in [0.1, 0.15) is 17.7 Å². The third kappa shape index (κ3) is 7.42. The minimum Gasteiger partial charge on any atom is -0.480 e. The summed E-state index contributed by atoms with van der Waals surface area (Å²) in [6.45, 7) is 4.89. The fourth-order valence-electron chi connectivity index (χ4n) is 4.64. The molecular formula is C24H33BrN2O8S. The van der Waals surface area contributed by atoms with Crippen LogP contribution in [0.3, 0.4) is 0 Å². The van der Waals surface area contributed by atoms with E-state index in [0.29, 0.717) is 17.3 Å². The van der Waals surface area contributed by atoms with E-state index in [-0.39, 0.29) is 23.8 Å². The number of likely N-dealkylation sites (tertiary alicyclic amines) is 1. The second-order valence-electron chi connectivity index (χ2n) is 10.2. The van der Waals surface area contributed by atoms with Crippen LogP contribution in [-0.2, 0) is 28.6 Å². The Morgan fingerprint density at radius 3 is 2.28 bits per heavy atom. The zero-order valence-electron chi connectivity index (χ0n) is 20.6. The maximum Gasteiger partial charge on any atom is 0.408 e. The van der Waals surface area contributed by atoms with Crippen molar-refractivity contribution in [3.05, 3.63) is 28.7 Å². The van der Waals surface area contributed by atoms with Crippen molar-refractivity contribution in [1.29, 1.82) is 0 Å². The van der Waals surface area contributed by atoms with Gasteiger partial charge in [-0.1, -0.05) is 35.2 Å². The van der Waals surface area contributed by atoms with Crippen LogP contribution in [0.2, 0.25) is 0 Å². The number of aliphatic carboxylic acids is 1. The summed E-state index contributed by atoms with van der Waals surface area (Å²) in [4.78, 5) is 39.3. The first-order valence-corrected chi connectivity index (χ1v) is 14.2. The van der Waals surface area contributed by atoms with E-state index in [1.807, 2.05) is 0 Å². The van der Waals surface area contributed by atoms with Crippen LogP contribution in [-0.4, -0.2) is 66.7 Å². The first-order valence-electron chi connectivity index (χ1n) is 12.0. The highest BCUT2D eigenvalue weighted by Crippen LogP contribution is 2.31. The Hall–Kier alpha value is -2.18. The molecule has 3 atom stereocenters. The van der Waals surface area contributed by atoms with Crippen molar-refractivity contribution in [2.45, 2.75) is 88.0 Å². The summed E-state index contributed by atoms with van der Waals surface area (Å²) in [6.07, 6.45) is 2.22. The molecule has 200 valence electrons. The highest BCUT2D eigenvalue weighted by Gasteiger charge is 2.46. The van der Waals surface area contributed by atoms with E-state index in [1.165, 1.54) is 12.1 Å². The average Bonchev–Trinajstić information content (AvgIpc) is 3.20. The zero-order chi connectivity index (χ0) is 26.7. The Morgan fingerprint density at radius 2 is 1.72 bits per heavy atom. The quantitative estimate of drug-likeness (QED) is 0.460. The van der Waals surface area contributed by atoms with E-state index in [9.17, 15) is 27.9 Å². The van der Waals surface area contributed by atoms with E-state index in [0.717, 1.165) is 24.2 Å². The van der Waals surface area contributed by atoms with Gasteiger partial charge in [0, 0.05) is 17.4 Å². The van der Waals surface area contributed by atoms with Gasteiger partial charge in [0.25, 0.3) is 10.1 Å². The summed E-state index contributed by atoms with van der Waals surface area (Å²) in [5.41, 5.74) is -0.776. The molecule has 1 heterocycles. The van der Waals surface area contributed by atoms with Gasteiger partial charge in [-0.2, -0.15) is 8.42 Å². The summed E-state index contributed by atoms with van der Waals surface area (Å²) in [7, 11) is -4.18. The molecular weight excluding hydrogens is 556 g/mol. The molecule has 1 aliphatic heterocycles. The molecule has 3 rings (SSSR count). The fourth-order valence-corrected chi connectivity index (χ4v) is 5.99. The molecule has 0 aromatic heterocycles. The molecule has 2 aliphatic rings. The Bertz CT molecular complexity index is 1060. The number of amides is 2. The number of rotatable bonds is 7. The number of benzene rings is 1. The van der Waals surface area contributed by atoms with Gasteiger partial charge < -0.3 is 20.1 Å². The number of hydrogen-bond donors (Lipinski definition) is 2. The second kappa shape index (κ2) is 11.5. The van der Waals surface area contributed by atoms with Crippen molar-refractivity contribution >= 4 is 44.0 Å². The number of carboxylic acid groups (broad SMARTS) is 1. The number of nitrogens with one attached hydrogen (secondary N) is 1. The lowest BCUT2D eigenvalue weighted by molar-refractivity contribution is -0.149. The topological polar surface area (TPSA) is 139 Å². The predicted molar refractivity (Wildman–Crippen MR) is 134 cm³/mol. The number of halogens is 1. The van der Waals surface area contributed by atoms with Crippen LogP contribution in [0.4, 0.5) is 4.79 Å². The van der Waals surface area contributed by atoms with Crippen molar-refractivity contribution in [1.82, 2.24) is 10.2 Å². The van der Waals surface area contributed by atoms with E-state index in [2.05, 4.69) is 21.2 Å². The molecule has 10 nitrogen and oxygen atoms in total. The van der Waals surface area contributed by atoms with Gasteiger partial charge in [0.2, 0.25) is 5.91 Å². The number of hydrogen-bond acceptors (Lipinski definition) is 7. The maximum absolute atomic E-state index is 13.7. The van der Waals surface area contributed by atoms with Gasteiger partial charge in [-0.25, -0.2) is 9.59 Å². The summed E-state index contributed by atoms with van der Waals surface area (Å²) >= 11 is 3.24. The van der Waals surface area contributed by atoms with E-state index >= 15 is 0 Å². The molecule has 1 saturated heterocycles. The third-order valence-corrected chi connectivity index (χ3v) is 8.16. The number of ether oxygens (including phenoxy) is 1. The zero-order valence-corrected chi connectivity index (χ0v) is 23.0. The monoisotopic (exact) mass is 588 g/mol. The summed E-state index contributed by atoms with van der Waals surface area (Å²) in [5, 5.41) is 12.5. The van der Waals surface area contributed by atoms with Crippen LogP contribution < -0.4 is 5.32 Å².